The number of carbonyl (C=O) groups excluding carboxylic acids is 2. The standard InChI is InChI=1S/C19H15Cl2NO5/c1-25-9-15-14-4-2-3-5-16(14)27-18(15)19(24)26-10-17(23)22-13-7-11(20)6-12(21)8-13/h2-8H,9-10H2,1H3,(H,22,23). The molecule has 3 aromatic rings. The summed E-state index contributed by atoms with van der Waals surface area (Å²) in [6.07, 6.45) is 0. The van der Waals surface area contributed by atoms with Gasteiger partial charge in [-0.15, -0.1) is 0 Å². The fourth-order valence-electron chi connectivity index (χ4n) is 2.57. The van der Waals surface area contributed by atoms with Crippen molar-refractivity contribution in [1.82, 2.24) is 0 Å². The molecule has 0 bridgehead atoms. The predicted octanol–water partition coefficient (Wildman–Crippen LogP) is 4.68. The number of benzene rings is 2. The van der Waals surface area contributed by atoms with Gasteiger partial charge in [-0.2, -0.15) is 0 Å². The van der Waals surface area contributed by atoms with E-state index in [2.05, 4.69) is 5.32 Å². The van der Waals surface area contributed by atoms with Gasteiger partial charge in [-0.25, -0.2) is 4.79 Å². The van der Waals surface area contributed by atoms with Crippen LogP contribution < -0.4 is 5.32 Å². The molecule has 27 heavy (non-hydrogen) atoms. The quantitative estimate of drug-likeness (QED) is 0.600. The first-order valence-corrected chi connectivity index (χ1v) is 8.66. The number of furan rings is 1. The van der Waals surface area contributed by atoms with E-state index >= 15 is 0 Å². The van der Waals surface area contributed by atoms with Gasteiger partial charge in [0.15, 0.2) is 6.61 Å². The summed E-state index contributed by atoms with van der Waals surface area (Å²) in [6, 6.07) is 11.8. The average molecular weight is 408 g/mol. The van der Waals surface area contributed by atoms with E-state index < -0.39 is 18.5 Å². The Balaban J connectivity index is 1.69. The summed E-state index contributed by atoms with van der Waals surface area (Å²) in [5.41, 5.74) is 1.51. The van der Waals surface area contributed by atoms with E-state index in [0.29, 0.717) is 26.9 Å². The van der Waals surface area contributed by atoms with Gasteiger partial charge in [-0.1, -0.05) is 41.4 Å². The number of methoxy groups -OCH3 is 1. The number of hydrogen-bond acceptors (Lipinski definition) is 5. The molecule has 1 N–H and O–H groups in total. The van der Waals surface area contributed by atoms with Gasteiger partial charge in [0.25, 0.3) is 5.91 Å². The third-order valence-electron chi connectivity index (χ3n) is 3.65. The Bertz CT molecular complexity index is 979. The van der Waals surface area contributed by atoms with Gasteiger partial charge in [0.05, 0.1) is 6.61 Å². The largest absolute Gasteiger partial charge is 0.450 e. The number of hydrogen-bond donors (Lipinski definition) is 1. The van der Waals surface area contributed by atoms with Gasteiger partial charge in [0.2, 0.25) is 5.76 Å². The molecular formula is C19H15Cl2NO5. The highest BCUT2D eigenvalue weighted by Crippen LogP contribution is 2.27. The minimum atomic E-state index is -0.752. The molecule has 0 aliphatic rings. The maximum atomic E-state index is 12.4. The molecule has 6 nitrogen and oxygen atoms in total. The molecule has 0 saturated carbocycles. The van der Waals surface area contributed by atoms with E-state index in [1.165, 1.54) is 25.3 Å². The highest BCUT2D eigenvalue weighted by molar-refractivity contribution is 6.35. The monoisotopic (exact) mass is 407 g/mol. The molecule has 3 rings (SSSR count). The van der Waals surface area contributed by atoms with Crippen LogP contribution in [0.4, 0.5) is 5.69 Å². The van der Waals surface area contributed by atoms with Crippen LogP contribution in [0.1, 0.15) is 16.1 Å². The van der Waals surface area contributed by atoms with Crippen LogP contribution in [-0.2, 0) is 20.9 Å². The SMILES string of the molecule is COCc1c(C(=O)OCC(=O)Nc2cc(Cl)cc(Cl)c2)oc2ccccc12. The van der Waals surface area contributed by atoms with Crippen LogP contribution in [-0.4, -0.2) is 25.6 Å². The topological polar surface area (TPSA) is 77.8 Å². The van der Waals surface area contributed by atoms with E-state index in [0.717, 1.165) is 5.39 Å². The Morgan fingerprint density at radius 2 is 1.81 bits per heavy atom. The number of para-hydroxylation sites is 1. The second-order valence-corrected chi connectivity index (χ2v) is 6.49. The first-order chi connectivity index (χ1) is 13.0. The van der Waals surface area contributed by atoms with Crippen molar-refractivity contribution in [3.63, 3.8) is 0 Å². The van der Waals surface area contributed by atoms with Crippen LogP contribution in [0.25, 0.3) is 11.0 Å². The van der Waals surface area contributed by atoms with Crippen molar-refractivity contribution in [2.75, 3.05) is 19.0 Å². The molecule has 2 aromatic carbocycles. The zero-order chi connectivity index (χ0) is 19.4. The number of esters is 1. The summed E-state index contributed by atoms with van der Waals surface area (Å²) in [7, 11) is 1.51. The van der Waals surface area contributed by atoms with Crippen molar-refractivity contribution < 1.29 is 23.5 Å². The van der Waals surface area contributed by atoms with Gasteiger partial charge in [-0.05, 0) is 24.3 Å². The zero-order valence-corrected chi connectivity index (χ0v) is 15.8. The van der Waals surface area contributed by atoms with Crippen molar-refractivity contribution in [2.24, 2.45) is 0 Å². The van der Waals surface area contributed by atoms with Crippen LogP contribution in [0.3, 0.4) is 0 Å². The molecule has 0 aliphatic heterocycles. The predicted molar refractivity (Wildman–Crippen MR) is 102 cm³/mol. The first kappa shape index (κ1) is 19.2. The van der Waals surface area contributed by atoms with Crippen LogP contribution in [0, 0.1) is 0 Å². The van der Waals surface area contributed by atoms with Crippen LogP contribution in [0.15, 0.2) is 46.9 Å². The fourth-order valence-corrected chi connectivity index (χ4v) is 3.10. The lowest BCUT2D eigenvalue weighted by molar-refractivity contribution is -0.119. The summed E-state index contributed by atoms with van der Waals surface area (Å²) in [5.74, 6) is -1.28. The number of carbonyl (C=O) groups is 2. The highest BCUT2D eigenvalue weighted by Gasteiger charge is 2.22. The maximum absolute atomic E-state index is 12.4. The van der Waals surface area contributed by atoms with Crippen LogP contribution in [0.2, 0.25) is 10.0 Å². The summed E-state index contributed by atoms with van der Waals surface area (Å²) in [4.78, 5) is 24.4. The second-order valence-electron chi connectivity index (χ2n) is 5.62. The Hall–Kier alpha value is -2.54. The first-order valence-electron chi connectivity index (χ1n) is 7.90. The summed E-state index contributed by atoms with van der Waals surface area (Å²) in [5, 5.41) is 4.06. The molecule has 1 aromatic heterocycles. The van der Waals surface area contributed by atoms with Crippen molar-refractivity contribution >= 4 is 51.7 Å². The lowest BCUT2D eigenvalue weighted by Gasteiger charge is -2.07. The van der Waals surface area contributed by atoms with Gasteiger partial charge in [0.1, 0.15) is 5.58 Å². The van der Waals surface area contributed by atoms with Crippen molar-refractivity contribution in [3.8, 4) is 0 Å². The second kappa shape index (κ2) is 8.43. The third-order valence-corrected chi connectivity index (χ3v) is 4.09. The normalized spacial score (nSPS) is 10.8. The average Bonchev–Trinajstić information content (AvgIpc) is 2.98. The molecule has 0 aliphatic carbocycles. The van der Waals surface area contributed by atoms with Crippen molar-refractivity contribution in [2.45, 2.75) is 6.61 Å². The number of halogens is 2. The summed E-state index contributed by atoms with van der Waals surface area (Å²) in [6.45, 7) is -0.318. The number of fused-ring (bicyclic) bond motifs is 1. The van der Waals surface area contributed by atoms with Crippen LogP contribution >= 0.6 is 23.2 Å². The molecule has 0 fully saturated rings. The summed E-state index contributed by atoms with van der Waals surface area (Å²) >= 11 is 11.8. The minimum absolute atomic E-state index is 0.0108. The van der Waals surface area contributed by atoms with Crippen molar-refractivity contribution in [1.29, 1.82) is 0 Å². The minimum Gasteiger partial charge on any atom is -0.450 e. The number of ether oxygens (including phenoxy) is 2. The Morgan fingerprint density at radius 3 is 2.52 bits per heavy atom. The Kier molecular flexibility index (Phi) is 6.01. The number of nitrogens with one attached hydrogen (secondary N) is 1. The van der Waals surface area contributed by atoms with E-state index in [9.17, 15) is 9.59 Å². The molecule has 1 amide bonds. The molecule has 8 heteroatoms. The Morgan fingerprint density at radius 1 is 1.11 bits per heavy atom. The van der Waals surface area contributed by atoms with E-state index in [1.807, 2.05) is 12.1 Å². The summed E-state index contributed by atoms with van der Waals surface area (Å²) < 4.78 is 15.8. The van der Waals surface area contributed by atoms with Gasteiger partial charge in [-0.3, -0.25) is 4.79 Å². The molecule has 0 spiro atoms. The third kappa shape index (κ3) is 4.60. The lowest BCUT2D eigenvalue weighted by Crippen LogP contribution is -2.21. The van der Waals surface area contributed by atoms with Crippen molar-refractivity contribution in [3.05, 3.63) is 63.8 Å². The van der Waals surface area contributed by atoms with E-state index in [1.54, 1.807) is 12.1 Å². The van der Waals surface area contributed by atoms with Crippen LogP contribution in [0.5, 0.6) is 0 Å². The molecule has 0 radical (unpaired) electrons. The molecule has 0 unspecified atom stereocenters. The number of anilines is 1. The lowest BCUT2D eigenvalue weighted by atomic mass is 10.1. The highest BCUT2D eigenvalue weighted by atomic mass is 35.5. The Labute approximate surface area is 164 Å². The molecule has 0 saturated heterocycles. The molecular weight excluding hydrogens is 393 g/mol. The van der Waals surface area contributed by atoms with Gasteiger partial charge >= 0.3 is 5.97 Å². The molecule has 140 valence electrons. The van der Waals surface area contributed by atoms with E-state index in [-0.39, 0.29) is 12.4 Å². The van der Waals surface area contributed by atoms with Gasteiger partial charge in [0, 0.05) is 33.8 Å². The zero-order valence-electron chi connectivity index (χ0n) is 14.3. The van der Waals surface area contributed by atoms with Gasteiger partial charge < -0.3 is 19.2 Å². The molecule has 1 heterocycles. The fraction of sp³-hybridized carbons (Fsp3) is 0.158. The maximum Gasteiger partial charge on any atom is 0.375 e. The molecule has 0 atom stereocenters. The van der Waals surface area contributed by atoms with E-state index in [4.69, 9.17) is 37.1 Å². The number of amides is 1. The number of rotatable bonds is 6. The smallest absolute Gasteiger partial charge is 0.375 e.